The van der Waals surface area contributed by atoms with Crippen LogP contribution in [-0.2, 0) is 0 Å². The molecule has 3 rings (SSSR count). The van der Waals surface area contributed by atoms with Crippen LogP contribution in [0, 0.1) is 11.8 Å². The number of piperidine rings is 1. The first-order valence-corrected chi connectivity index (χ1v) is 7.82. The first kappa shape index (κ1) is 12.9. The quantitative estimate of drug-likeness (QED) is 0.825. The van der Waals surface area contributed by atoms with Crippen LogP contribution in [-0.4, -0.2) is 54.1 Å². The second-order valence-corrected chi connectivity index (χ2v) is 7.23. The normalized spacial score (nSPS) is 43.5. The van der Waals surface area contributed by atoms with Crippen molar-refractivity contribution in [3.8, 4) is 0 Å². The highest BCUT2D eigenvalue weighted by Crippen LogP contribution is 2.38. The summed E-state index contributed by atoms with van der Waals surface area (Å²) < 4.78 is 0. The molecule has 104 valence electrons. The van der Waals surface area contributed by atoms with E-state index in [1.54, 1.807) is 0 Å². The number of nitrogens with two attached hydrogens (primary N) is 1. The zero-order chi connectivity index (χ0) is 12.8. The molecule has 0 aromatic heterocycles. The molecule has 3 atom stereocenters. The van der Waals surface area contributed by atoms with Gasteiger partial charge in [0, 0.05) is 44.3 Å². The topological polar surface area (TPSA) is 32.5 Å². The largest absolute Gasteiger partial charge is 0.329 e. The molecule has 3 fully saturated rings. The van der Waals surface area contributed by atoms with Gasteiger partial charge in [-0.2, -0.15) is 0 Å². The van der Waals surface area contributed by atoms with Crippen molar-refractivity contribution in [1.29, 1.82) is 0 Å². The van der Waals surface area contributed by atoms with E-state index < -0.39 is 0 Å². The van der Waals surface area contributed by atoms with E-state index in [9.17, 15) is 0 Å². The summed E-state index contributed by atoms with van der Waals surface area (Å²) in [5, 5.41) is 0. The van der Waals surface area contributed by atoms with Gasteiger partial charge in [-0.05, 0) is 37.5 Å². The van der Waals surface area contributed by atoms with E-state index in [0.29, 0.717) is 5.54 Å². The van der Waals surface area contributed by atoms with Gasteiger partial charge in [0.25, 0.3) is 0 Å². The van der Waals surface area contributed by atoms with Crippen LogP contribution in [0.5, 0.6) is 0 Å². The summed E-state index contributed by atoms with van der Waals surface area (Å²) >= 11 is 0. The first-order valence-electron chi connectivity index (χ1n) is 7.82. The molecule has 0 aromatic carbocycles. The van der Waals surface area contributed by atoms with Gasteiger partial charge in [-0.15, -0.1) is 0 Å². The molecule has 0 aromatic rings. The highest BCUT2D eigenvalue weighted by molar-refractivity contribution is 5.04. The van der Waals surface area contributed by atoms with E-state index in [4.69, 9.17) is 5.73 Å². The zero-order valence-electron chi connectivity index (χ0n) is 12.1. The number of hydrogen-bond acceptors (Lipinski definition) is 3. The van der Waals surface area contributed by atoms with Gasteiger partial charge in [0.1, 0.15) is 0 Å². The summed E-state index contributed by atoms with van der Waals surface area (Å²) in [5.41, 5.74) is 6.50. The van der Waals surface area contributed by atoms with Crippen LogP contribution in [0.3, 0.4) is 0 Å². The Morgan fingerprint density at radius 3 is 2.39 bits per heavy atom. The van der Waals surface area contributed by atoms with Gasteiger partial charge in [-0.3, -0.25) is 9.80 Å². The third-order valence-electron chi connectivity index (χ3n) is 5.34. The fourth-order valence-electron chi connectivity index (χ4n) is 4.24. The van der Waals surface area contributed by atoms with E-state index in [1.165, 1.54) is 51.9 Å². The lowest BCUT2D eigenvalue weighted by molar-refractivity contribution is 0.0333. The van der Waals surface area contributed by atoms with E-state index >= 15 is 0 Å². The predicted octanol–water partition coefficient (Wildman–Crippen LogP) is 1.53. The minimum Gasteiger partial charge on any atom is -0.329 e. The highest BCUT2D eigenvalue weighted by Gasteiger charge is 2.47. The summed E-state index contributed by atoms with van der Waals surface area (Å²) in [6, 6.07) is 0.901. The SMILES string of the molecule is CC1CC(C)CN(C2(CN)CCN(C3CC3)C2)C1. The lowest BCUT2D eigenvalue weighted by atomic mass is 9.86. The maximum absolute atomic E-state index is 6.20. The smallest absolute Gasteiger partial charge is 0.0470 e. The minimum atomic E-state index is 0.297. The molecular weight excluding hydrogens is 222 g/mol. The molecule has 0 spiro atoms. The Balaban J connectivity index is 1.70. The van der Waals surface area contributed by atoms with Crippen molar-refractivity contribution in [3.63, 3.8) is 0 Å². The Bertz CT molecular complexity index is 292. The summed E-state index contributed by atoms with van der Waals surface area (Å²) in [5.74, 6) is 1.68. The van der Waals surface area contributed by atoms with Crippen molar-refractivity contribution in [2.75, 3.05) is 32.7 Å². The van der Waals surface area contributed by atoms with Crippen LogP contribution in [0.1, 0.15) is 39.5 Å². The molecule has 3 heteroatoms. The van der Waals surface area contributed by atoms with Gasteiger partial charge in [0.05, 0.1) is 0 Å². The van der Waals surface area contributed by atoms with Crippen LogP contribution in [0.2, 0.25) is 0 Å². The van der Waals surface area contributed by atoms with Gasteiger partial charge in [0.15, 0.2) is 0 Å². The molecule has 1 aliphatic carbocycles. The molecular formula is C15H29N3. The molecule has 2 heterocycles. The summed E-state index contributed by atoms with van der Waals surface area (Å²) in [7, 11) is 0. The summed E-state index contributed by atoms with van der Waals surface area (Å²) in [6.07, 6.45) is 5.53. The Hall–Kier alpha value is -0.120. The van der Waals surface area contributed by atoms with Crippen molar-refractivity contribution >= 4 is 0 Å². The molecule has 1 saturated carbocycles. The molecule has 2 N–H and O–H groups in total. The number of hydrogen-bond donors (Lipinski definition) is 1. The average Bonchev–Trinajstić information content (AvgIpc) is 3.08. The Kier molecular flexibility index (Phi) is 3.41. The van der Waals surface area contributed by atoms with E-state index in [1.807, 2.05) is 0 Å². The maximum Gasteiger partial charge on any atom is 0.0470 e. The third-order valence-corrected chi connectivity index (χ3v) is 5.34. The van der Waals surface area contributed by atoms with Crippen LogP contribution in [0.4, 0.5) is 0 Å². The summed E-state index contributed by atoms with van der Waals surface area (Å²) in [4.78, 5) is 5.45. The molecule has 3 unspecified atom stereocenters. The van der Waals surface area contributed by atoms with E-state index in [2.05, 4.69) is 23.6 Å². The fraction of sp³-hybridized carbons (Fsp3) is 1.00. The lowest BCUT2D eigenvalue weighted by Crippen LogP contribution is -2.59. The van der Waals surface area contributed by atoms with Crippen LogP contribution >= 0.6 is 0 Å². The molecule has 3 aliphatic rings. The van der Waals surface area contributed by atoms with Crippen molar-refractivity contribution in [1.82, 2.24) is 9.80 Å². The molecule has 0 amide bonds. The fourth-order valence-corrected chi connectivity index (χ4v) is 4.24. The molecule has 2 aliphatic heterocycles. The molecule has 2 saturated heterocycles. The van der Waals surface area contributed by atoms with Crippen molar-refractivity contribution < 1.29 is 0 Å². The molecule has 0 bridgehead atoms. The first-order chi connectivity index (χ1) is 8.63. The molecule has 18 heavy (non-hydrogen) atoms. The number of nitrogens with zero attached hydrogens (tertiary/aromatic N) is 2. The highest BCUT2D eigenvalue weighted by atomic mass is 15.3. The standard InChI is InChI=1S/C15H29N3/c1-12-7-13(2)9-18(8-12)15(10-16)5-6-17(11-15)14-3-4-14/h12-14H,3-11,16H2,1-2H3. The van der Waals surface area contributed by atoms with E-state index in [-0.39, 0.29) is 0 Å². The van der Waals surface area contributed by atoms with Crippen molar-refractivity contribution in [3.05, 3.63) is 0 Å². The van der Waals surface area contributed by atoms with Gasteiger partial charge < -0.3 is 5.73 Å². The van der Waals surface area contributed by atoms with Gasteiger partial charge >= 0.3 is 0 Å². The van der Waals surface area contributed by atoms with Gasteiger partial charge in [-0.1, -0.05) is 13.8 Å². The Labute approximate surface area is 112 Å². The van der Waals surface area contributed by atoms with E-state index in [0.717, 1.165) is 24.4 Å². The maximum atomic E-state index is 6.20. The van der Waals surface area contributed by atoms with Gasteiger partial charge in [0.2, 0.25) is 0 Å². The minimum absolute atomic E-state index is 0.297. The van der Waals surface area contributed by atoms with Crippen molar-refractivity contribution in [2.45, 2.75) is 51.1 Å². The van der Waals surface area contributed by atoms with Crippen LogP contribution in [0.25, 0.3) is 0 Å². The van der Waals surface area contributed by atoms with Crippen molar-refractivity contribution in [2.24, 2.45) is 17.6 Å². The molecule has 0 radical (unpaired) electrons. The predicted molar refractivity (Wildman–Crippen MR) is 75.5 cm³/mol. The Morgan fingerprint density at radius 1 is 1.17 bits per heavy atom. The lowest BCUT2D eigenvalue weighted by Gasteiger charge is -2.46. The summed E-state index contributed by atoms with van der Waals surface area (Å²) in [6.45, 7) is 10.7. The second-order valence-electron chi connectivity index (χ2n) is 7.23. The Morgan fingerprint density at radius 2 is 1.83 bits per heavy atom. The zero-order valence-corrected chi connectivity index (χ0v) is 12.1. The second kappa shape index (κ2) is 4.77. The van der Waals surface area contributed by atoms with Crippen LogP contribution in [0.15, 0.2) is 0 Å². The van der Waals surface area contributed by atoms with Crippen LogP contribution < -0.4 is 5.73 Å². The average molecular weight is 251 g/mol. The van der Waals surface area contributed by atoms with Gasteiger partial charge in [-0.25, -0.2) is 0 Å². The molecule has 3 nitrogen and oxygen atoms in total. The number of rotatable bonds is 3. The third kappa shape index (κ3) is 2.33. The monoisotopic (exact) mass is 251 g/mol. The number of likely N-dealkylation sites (tertiary alicyclic amines) is 2.